The number of esters is 2. The van der Waals surface area contributed by atoms with Gasteiger partial charge in [-0.25, -0.2) is 13.2 Å². The predicted molar refractivity (Wildman–Crippen MR) is 80.3 cm³/mol. The number of carbonyl (C=O) groups is 2. The van der Waals surface area contributed by atoms with Gasteiger partial charge in [0.25, 0.3) is 0 Å². The SMILES string of the molecule is CCOC(=O)c1ccc(S(=O)(=O)CCCCOC(C)=O)cc1. The number of rotatable bonds is 8. The molecule has 0 bridgehead atoms. The Hall–Kier alpha value is -1.89. The van der Waals surface area contributed by atoms with E-state index in [2.05, 4.69) is 0 Å². The quantitative estimate of drug-likeness (QED) is 0.536. The van der Waals surface area contributed by atoms with Gasteiger partial charge in [-0.05, 0) is 44.0 Å². The van der Waals surface area contributed by atoms with Crippen LogP contribution in [0.5, 0.6) is 0 Å². The highest BCUT2D eigenvalue weighted by atomic mass is 32.2. The van der Waals surface area contributed by atoms with E-state index in [1.807, 2.05) is 0 Å². The first-order valence-electron chi connectivity index (χ1n) is 7.00. The molecule has 0 spiro atoms. The maximum Gasteiger partial charge on any atom is 0.338 e. The minimum absolute atomic E-state index is 0.0347. The van der Waals surface area contributed by atoms with Crippen LogP contribution in [-0.2, 0) is 24.1 Å². The molecule has 0 atom stereocenters. The van der Waals surface area contributed by atoms with Gasteiger partial charge in [-0.2, -0.15) is 0 Å². The Kier molecular flexibility index (Phi) is 7.04. The Bertz CT molecular complexity index is 603. The van der Waals surface area contributed by atoms with Crippen LogP contribution in [0.15, 0.2) is 29.2 Å². The fourth-order valence-electron chi connectivity index (χ4n) is 1.74. The van der Waals surface area contributed by atoms with E-state index in [-0.39, 0.29) is 29.8 Å². The number of ether oxygens (including phenoxy) is 2. The van der Waals surface area contributed by atoms with Crippen molar-refractivity contribution in [3.63, 3.8) is 0 Å². The van der Waals surface area contributed by atoms with E-state index in [9.17, 15) is 18.0 Å². The van der Waals surface area contributed by atoms with Gasteiger partial charge in [0, 0.05) is 6.92 Å². The maximum absolute atomic E-state index is 12.1. The number of sulfone groups is 1. The molecule has 1 aromatic rings. The highest BCUT2D eigenvalue weighted by Gasteiger charge is 2.15. The molecule has 0 aromatic heterocycles. The van der Waals surface area contributed by atoms with Crippen LogP contribution in [0.1, 0.15) is 37.0 Å². The molecule has 0 aliphatic rings. The van der Waals surface area contributed by atoms with E-state index in [1.54, 1.807) is 6.92 Å². The molecule has 0 N–H and O–H groups in total. The fraction of sp³-hybridized carbons (Fsp3) is 0.467. The molecule has 0 heterocycles. The van der Waals surface area contributed by atoms with Crippen LogP contribution in [0.25, 0.3) is 0 Å². The summed E-state index contributed by atoms with van der Waals surface area (Å²) in [5.41, 5.74) is 0.315. The third-order valence-electron chi connectivity index (χ3n) is 2.84. The number of hydrogen-bond donors (Lipinski definition) is 0. The summed E-state index contributed by atoms with van der Waals surface area (Å²) in [4.78, 5) is 22.2. The van der Waals surface area contributed by atoms with Gasteiger partial charge in [0.15, 0.2) is 9.84 Å². The lowest BCUT2D eigenvalue weighted by molar-refractivity contribution is -0.141. The summed E-state index contributed by atoms with van der Waals surface area (Å²) in [7, 11) is -3.41. The Morgan fingerprint density at radius 1 is 1.05 bits per heavy atom. The largest absolute Gasteiger partial charge is 0.466 e. The minimum atomic E-state index is -3.41. The Morgan fingerprint density at radius 3 is 2.23 bits per heavy atom. The Labute approximate surface area is 130 Å². The van der Waals surface area contributed by atoms with E-state index < -0.39 is 15.8 Å². The van der Waals surface area contributed by atoms with E-state index in [4.69, 9.17) is 9.47 Å². The zero-order chi connectivity index (χ0) is 16.6. The lowest BCUT2D eigenvalue weighted by atomic mass is 10.2. The van der Waals surface area contributed by atoms with Crippen molar-refractivity contribution >= 4 is 21.8 Å². The summed E-state index contributed by atoms with van der Waals surface area (Å²) in [6.07, 6.45) is 0.884. The normalized spacial score (nSPS) is 11.0. The molecule has 6 nitrogen and oxygen atoms in total. The van der Waals surface area contributed by atoms with Gasteiger partial charge in [0.05, 0.1) is 29.4 Å². The molecule has 0 fully saturated rings. The molecule has 0 radical (unpaired) electrons. The van der Waals surface area contributed by atoms with Crippen LogP contribution < -0.4 is 0 Å². The molecule has 0 aliphatic heterocycles. The molecule has 0 unspecified atom stereocenters. The lowest BCUT2D eigenvalue weighted by Crippen LogP contribution is -2.10. The van der Waals surface area contributed by atoms with Gasteiger partial charge in [0.1, 0.15) is 0 Å². The first-order valence-corrected chi connectivity index (χ1v) is 8.65. The highest BCUT2D eigenvalue weighted by Crippen LogP contribution is 2.14. The summed E-state index contributed by atoms with van der Waals surface area (Å²) in [6, 6.07) is 5.66. The van der Waals surface area contributed by atoms with Crippen LogP contribution in [0.4, 0.5) is 0 Å². The van der Waals surface area contributed by atoms with Gasteiger partial charge in [-0.1, -0.05) is 0 Å². The minimum Gasteiger partial charge on any atom is -0.466 e. The van der Waals surface area contributed by atoms with Crippen LogP contribution in [0, 0.1) is 0 Å². The van der Waals surface area contributed by atoms with Gasteiger partial charge in [-0.15, -0.1) is 0 Å². The average Bonchev–Trinajstić information content (AvgIpc) is 2.47. The summed E-state index contributed by atoms with van der Waals surface area (Å²) in [6.45, 7) is 3.49. The number of benzene rings is 1. The number of unbranched alkanes of at least 4 members (excludes halogenated alkanes) is 1. The summed E-state index contributed by atoms with van der Waals surface area (Å²) in [5, 5.41) is 0. The molecule has 1 rings (SSSR count). The van der Waals surface area contributed by atoms with Crippen LogP contribution in [0.3, 0.4) is 0 Å². The third-order valence-corrected chi connectivity index (χ3v) is 4.65. The van der Waals surface area contributed by atoms with E-state index in [0.717, 1.165) is 0 Å². The first-order chi connectivity index (χ1) is 10.4. The highest BCUT2D eigenvalue weighted by molar-refractivity contribution is 7.91. The van der Waals surface area contributed by atoms with Crippen molar-refractivity contribution in [1.29, 1.82) is 0 Å². The molecule has 1 aromatic carbocycles. The fourth-order valence-corrected chi connectivity index (χ4v) is 3.11. The zero-order valence-electron chi connectivity index (χ0n) is 12.7. The Balaban J connectivity index is 2.58. The first kappa shape index (κ1) is 18.2. The molecule has 0 amide bonds. The van der Waals surface area contributed by atoms with Gasteiger partial charge in [-0.3, -0.25) is 4.79 Å². The second kappa shape index (κ2) is 8.53. The van der Waals surface area contributed by atoms with E-state index >= 15 is 0 Å². The summed E-state index contributed by atoms with van der Waals surface area (Å²) < 4.78 is 33.8. The van der Waals surface area contributed by atoms with Crippen molar-refractivity contribution in [3.05, 3.63) is 29.8 Å². The molecule has 0 saturated carbocycles. The van der Waals surface area contributed by atoms with Crippen LogP contribution >= 0.6 is 0 Å². The second-order valence-electron chi connectivity index (χ2n) is 4.61. The topological polar surface area (TPSA) is 86.7 Å². The van der Waals surface area contributed by atoms with Crippen molar-refractivity contribution in [2.75, 3.05) is 19.0 Å². The van der Waals surface area contributed by atoms with Crippen LogP contribution in [-0.4, -0.2) is 39.3 Å². The average molecular weight is 328 g/mol. The zero-order valence-corrected chi connectivity index (χ0v) is 13.5. The summed E-state index contributed by atoms with van der Waals surface area (Å²) in [5.74, 6) is -0.891. The van der Waals surface area contributed by atoms with Crippen molar-refractivity contribution < 1.29 is 27.5 Å². The van der Waals surface area contributed by atoms with Crippen LogP contribution in [0.2, 0.25) is 0 Å². The number of hydrogen-bond acceptors (Lipinski definition) is 6. The molecule has 22 heavy (non-hydrogen) atoms. The predicted octanol–water partition coefficient (Wildman–Crippen LogP) is 1.98. The van der Waals surface area contributed by atoms with E-state index in [1.165, 1.54) is 31.2 Å². The molecule has 7 heteroatoms. The molecule has 0 saturated heterocycles. The van der Waals surface area contributed by atoms with Crippen molar-refractivity contribution in [3.8, 4) is 0 Å². The van der Waals surface area contributed by atoms with Gasteiger partial charge in [0.2, 0.25) is 0 Å². The monoisotopic (exact) mass is 328 g/mol. The molecule has 0 aliphatic carbocycles. The molecular formula is C15H20O6S. The van der Waals surface area contributed by atoms with Crippen molar-refractivity contribution in [2.45, 2.75) is 31.6 Å². The van der Waals surface area contributed by atoms with Gasteiger partial charge < -0.3 is 9.47 Å². The standard InChI is InChI=1S/C15H20O6S/c1-3-20-15(17)13-6-8-14(9-7-13)22(18,19)11-5-4-10-21-12(2)16/h6-9H,3-5,10-11H2,1-2H3. The van der Waals surface area contributed by atoms with Crippen molar-refractivity contribution in [1.82, 2.24) is 0 Å². The van der Waals surface area contributed by atoms with Crippen molar-refractivity contribution in [2.24, 2.45) is 0 Å². The second-order valence-corrected chi connectivity index (χ2v) is 6.72. The molecule has 122 valence electrons. The van der Waals surface area contributed by atoms with E-state index in [0.29, 0.717) is 18.4 Å². The number of carbonyl (C=O) groups excluding carboxylic acids is 2. The lowest BCUT2D eigenvalue weighted by Gasteiger charge is -2.06. The summed E-state index contributed by atoms with van der Waals surface area (Å²) >= 11 is 0. The van der Waals surface area contributed by atoms with Gasteiger partial charge >= 0.3 is 11.9 Å². The maximum atomic E-state index is 12.1. The Morgan fingerprint density at radius 2 is 1.68 bits per heavy atom. The smallest absolute Gasteiger partial charge is 0.338 e. The third kappa shape index (κ3) is 5.85. The molecular weight excluding hydrogens is 308 g/mol.